The zero-order valence-corrected chi connectivity index (χ0v) is 11.4. The molecule has 5 heteroatoms. The van der Waals surface area contributed by atoms with Crippen LogP contribution in [0.15, 0.2) is 18.2 Å². The molecule has 0 fully saturated rings. The second-order valence-electron chi connectivity index (χ2n) is 4.82. The summed E-state index contributed by atoms with van der Waals surface area (Å²) in [5.41, 5.74) is 5.73. The molecule has 0 saturated heterocycles. The summed E-state index contributed by atoms with van der Waals surface area (Å²) in [6.07, 6.45) is 0.703. The number of benzene rings is 1. The van der Waals surface area contributed by atoms with Crippen LogP contribution in [0.4, 0.5) is 10.1 Å². The van der Waals surface area contributed by atoms with Crippen LogP contribution < -0.4 is 11.1 Å². The number of amides is 1. The number of nitrogens with one attached hydrogen (secondary N) is 1. The van der Waals surface area contributed by atoms with Gasteiger partial charge in [-0.05, 0) is 30.5 Å². The van der Waals surface area contributed by atoms with Crippen molar-refractivity contribution in [3.63, 3.8) is 0 Å². The van der Waals surface area contributed by atoms with Gasteiger partial charge in [-0.1, -0.05) is 13.8 Å². The van der Waals surface area contributed by atoms with Gasteiger partial charge in [0.2, 0.25) is 0 Å². The van der Waals surface area contributed by atoms with Crippen LogP contribution in [-0.4, -0.2) is 25.7 Å². The molecule has 4 nitrogen and oxygen atoms in total. The third kappa shape index (κ3) is 5.70. The van der Waals surface area contributed by atoms with Gasteiger partial charge in [-0.25, -0.2) is 4.39 Å². The Labute approximate surface area is 113 Å². The highest BCUT2D eigenvalue weighted by Gasteiger charge is 2.10. The van der Waals surface area contributed by atoms with Gasteiger partial charge in [0, 0.05) is 25.4 Å². The highest BCUT2D eigenvalue weighted by Crippen LogP contribution is 2.11. The molecule has 0 unspecified atom stereocenters. The van der Waals surface area contributed by atoms with Crippen LogP contribution in [0.1, 0.15) is 30.6 Å². The first-order valence-corrected chi connectivity index (χ1v) is 6.41. The van der Waals surface area contributed by atoms with Crippen molar-refractivity contribution >= 4 is 11.6 Å². The standard InChI is InChI=1S/C14H21FN2O2/c1-10(2)9-19-7-3-6-17-14(18)12-5-4-11(16)8-13(12)15/h4-5,8,10H,3,6-7,9,16H2,1-2H3,(H,17,18). The SMILES string of the molecule is CC(C)COCCCNC(=O)c1ccc(N)cc1F. The molecule has 1 aromatic carbocycles. The van der Waals surface area contributed by atoms with Crippen molar-refractivity contribution in [2.24, 2.45) is 5.92 Å². The minimum Gasteiger partial charge on any atom is -0.399 e. The highest BCUT2D eigenvalue weighted by atomic mass is 19.1. The molecule has 106 valence electrons. The van der Waals surface area contributed by atoms with E-state index in [4.69, 9.17) is 10.5 Å². The number of nitrogen functional groups attached to an aromatic ring is 1. The second kappa shape index (κ2) is 7.74. The molecule has 0 spiro atoms. The maximum absolute atomic E-state index is 13.5. The van der Waals surface area contributed by atoms with Crippen molar-refractivity contribution in [3.05, 3.63) is 29.6 Å². The van der Waals surface area contributed by atoms with Crippen molar-refractivity contribution < 1.29 is 13.9 Å². The van der Waals surface area contributed by atoms with Crippen molar-refractivity contribution in [3.8, 4) is 0 Å². The number of hydrogen-bond acceptors (Lipinski definition) is 3. The van der Waals surface area contributed by atoms with Crippen LogP contribution in [0.5, 0.6) is 0 Å². The molecule has 0 aliphatic carbocycles. The largest absolute Gasteiger partial charge is 0.399 e. The van der Waals surface area contributed by atoms with E-state index >= 15 is 0 Å². The van der Waals surface area contributed by atoms with Gasteiger partial charge in [0.05, 0.1) is 5.56 Å². The lowest BCUT2D eigenvalue weighted by molar-refractivity contribution is 0.0921. The van der Waals surface area contributed by atoms with Crippen LogP contribution in [-0.2, 0) is 4.74 Å². The van der Waals surface area contributed by atoms with Crippen molar-refractivity contribution in [1.82, 2.24) is 5.32 Å². The van der Waals surface area contributed by atoms with Crippen LogP contribution in [0.2, 0.25) is 0 Å². The maximum atomic E-state index is 13.5. The van der Waals surface area contributed by atoms with E-state index in [2.05, 4.69) is 19.2 Å². The quantitative estimate of drug-likeness (QED) is 0.588. The average Bonchev–Trinajstić information content (AvgIpc) is 2.32. The number of hydrogen-bond donors (Lipinski definition) is 2. The summed E-state index contributed by atoms with van der Waals surface area (Å²) >= 11 is 0. The van der Waals surface area contributed by atoms with Crippen LogP contribution in [0, 0.1) is 11.7 Å². The number of rotatable bonds is 7. The fourth-order valence-corrected chi connectivity index (χ4v) is 1.51. The zero-order valence-electron chi connectivity index (χ0n) is 11.4. The Morgan fingerprint density at radius 2 is 2.21 bits per heavy atom. The van der Waals surface area contributed by atoms with Crippen molar-refractivity contribution in [1.29, 1.82) is 0 Å². The third-order valence-electron chi connectivity index (χ3n) is 2.44. The van der Waals surface area contributed by atoms with Crippen LogP contribution >= 0.6 is 0 Å². The minimum absolute atomic E-state index is 0.0114. The lowest BCUT2D eigenvalue weighted by Crippen LogP contribution is -2.26. The Kier molecular flexibility index (Phi) is 6.29. The highest BCUT2D eigenvalue weighted by molar-refractivity contribution is 5.94. The molecule has 0 atom stereocenters. The van der Waals surface area contributed by atoms with E-state index in [1.165, 1.54) is 12.1 Å². The molecule has 1 amide bonds. The number of anilines is 1. The van der Waals surface area contributed by atoms with Crippen molar-refractivity contribution in [2.45, 2.75) is 20.3 Å². The smallest absolute Gasteiger partial charge is 0.254 e. The van der Waals surface area contributed by atoms with Gasteiger partial charge >= 0.3 is 0 Å². The summed E-state index contributed by atoms with van der Waals surface area (Å²) in [6.45, 7) is 5.90. The molecule has 0 bridgehead atoms. The maximum Gasteiger partial charge on any atom is 0.254 e. The fraction of sp³-hybridized carbons (Fsp3) is 0.500. The van der Waals surface area contributed by atoms with E-state index in [-0.39, 0.29) is 5.56 Å². The molecule has 0 radical (unpaired) electrons. The lowest BCUT2D eigenvalue weighted by atomic mass is 10.2. The molecule has 19 heavy (non-hydrogen) atoms. The first-order chi connectivity index (χ1) is 9.00. The summed E-state index contributed by atoms with van der Waals surface area (Å²) in [5, 5.41) is 2.65. The first kappa shape index (κ1) is 15.4. The summed E-state index contributed by atoms with van der Waals surface area (Å²) in [6, 6.07) is 4.03. The topological polar surface area (TPSA) is 64.3 Å². The Balaban J connectivity index is 2.28. The van der Waals surface area contributed by atoms with E-state index in [0.717, 1.165) is 6.07 Å². The van der Waals surface area contributed by atoms with Crippen molar-refractivity contribution in [2.75, 3.05) is 25.5 Å². The van der Waals surface area contributed by atoms with Gasteiger partial charge < -0.3 is 15.8 Å². The second-order valence-corrected chi connectivity index (χ2v) is 4.82. The zero-order chi connectivity index (χ0) is 14.3. The van der Waals surface area contributed by atoms with E-state index in [9.17, 15) is 9.18 Å². The average molecular weight is 268 g/mol. The Morgan fingerprint density at radius 3 is 2.84 bits per heavy atom. The number of carbonyl (C=O) groups is 1. The van der Waals surface area contributed by atoms with E-state index < -0.39 is 11.7 Å². The molecule has 1 rings (SSSR count). The van der Waals surface area contributed by atoms with Gasteiger partial charge in [-0.3, -0.25) is 4.79 Å². The predicted molar refractivity (Wildman–Crippen MR) is 73.4 cm³/mol. The molecule has 3 N–H and O–H groups in total. The molecular weight excluding hydrogens is 247 g/mol. The third-order valence-corrected chi connectivity index (χ3v) is 2.44. The normalized spacial score (nSPS) is 10.7. The molecule has 1 aromatic rings. The van der Waals surface area contributed by atoms with E-state index in [1.807, 2.05) is 0 Å². The van der Waals surface area contributed by atoms with Gasteiger partial charge in [0.25, 0.3) is 5.91 Å². The van der Waals surface area contributed by atoms with E-state index in [1.54, 1.807) is 0 Å². The Morgan fingerprint density at radius 1 is 1.47 bits per heavy atom. The summed E-state index contributed by atoms with van der Waals surface area (Å²) < 4.78 is 18.8. The summed E-state index contributed by atoms with van der Waals surface area (Å²) in [7, 11) is 0. The molecule has 0 aromatic heterocycles. The fourth-order valence-electron chi connectivity index (χ4n) is 1.51. The summed E-state index contributed by atoms with van der Waals surface area (Å²) in [5.74, 6) is -0.534. The Hall–Kier alpha value is -1.62. The van der Waals surface area contributed by atoms with Crippen LogP contribution in [0.3, 0.4) is 0 Å². The molecular formula is C14H21FN2O2. The number of halogens is 1. The first-order valence-electron chi connectivity index (χ1n) is 6.41. The van der Waals surface area contributed by atoms with Gasteiger partial charge in [-0.15, -0.1) is 0 Å². The number of ether oxygens (including phenoxy) is 1. The monoisotopic (exact) mass is 268 g/mol. The summed E-state index contributed by atoms with van der Waals surface area (Å²) in [4.78, 5) is 11.7. The molecule has 0 heterocycles. The molecule has 0 saturated carbocycles. The predicted octanol–water partition coefficient (Wildman–Crippen LogP) is 2.20. The number of carbonyl (C=O) groups excluding carboxylic acids is 1. The van der Waals surface area contributed by atoms with Gasteiger partial charge in [-0.2, -0.15) is 0 Å². The lowest BCUT2D eigenvalue weighted by Gasteiger charge is -2.08. The van der Waals surface area contributed by atoms with E-state index in [0.29, 0.717) is 37.8 Å². The minimum atomic E-state index is -0.603. The molecule has 0 aliphatic rings. The van der Waals surface area contributed by atoms with Crippen LogP contribution in [0.25, 0.3) is 0 Å². The molecule has 0 aliphatic heterocycles. The number of nitrogens with two attached hydrogens (primary N) is 1. The van der Waals surface area contributed by atoms with Gasteiger partial charge in [0.15, 0.2) is 0 Å². The van der Waals surface area contributed by atoms with Gasteiger partial charge in [0.1, 0.15) is 5.82 Å². The Bertz CT molecular complexity index is 422.